The van der Waals surface area contributed by atoms with E-state index in [1.165, 1.54) is 11.3 Å². The Morgan fingerprint density at radius 3 is 2.81 bits per heavy atom. The molecule has 0 saturated carbocycles. The number of hydrogen-bond donors (Lipinski definition) is 0. The van der Waals surface area contributed by atoms with Crippen molar-refractivity contribution in [1.29, 1.82) is 0 Å². The molecule has 0 radical (unpaired) electrons. The zero-order valence-corrected chi connectivity index (χ0v) is 14.3. The SMILES string of the molecule is CCOC(=O)C(C)(C)c1csc(N(C)Cc2cscn2)n1. The molecule has 114 valence electrons. The molecule has 0 aliphatic carbocycles. The fourth-order valence-electron chi connectivity index (χ4n) is 1.77. The Morgan fingerprint density at radius 1 is 1.43 bits per heavy atom. The van der Waals surface area contributed by atoms with Crippen molar-refractivity contribution in [2.75, 3.05) is 18.6 Å². The van der Waals surface area contributed by atoms with Crippen molar-refractivity contribution >= 4 is 33.8 Å². The van der Waals surface area contributed by atoms with Gasteiger partial charge >= 0.3 is 5.97 Å². The van der Waals surface area contributed by atoms with E-state index in [1.807, 2.05) is 49.0 Å². The Bertz CT molecular complexity index is 593. The van der Waals surface area contributed by atoms with Gasteiger partial charge in [-0.15, -0.1) is 22.7 Å². The highest BCUT2D eigenvalue weighted by atomic mass is 32.1. The highest BCUT2D eigenvalue weighted by Gasteiger charge is 2.34. The predicted molar refractivity (Wildman–Crippen MR) is 86.0 cm³/mol. The number of aromatic nitrogens is 2. The maximum Gasteiger partial charge on any atom is 0.317 e. The van der Waals surface area contributed by atoms with E-state index in [0.717, 1.165) is 16.5 Å². The predicted octanol–water partition coefficient (Wildman–Crippen LogP) is 3.08. The Balaban J connectivity index is 2.11. The molecule has 2 heterocycles. The quantitative estimate of drug-likeness (QED) is 0.764. The first kappa shape index (κ1) is 15.9. The first-order valence-corrected chi connectivity index (χ1v) is 8.48. The summed E-state index contributed by atoms with van der Waals surface area (Å²) in [6.07, 6.45) is 0. The van der Waals surface area contributed by atoms with Gasteiger partial charge in [-0.25, -0.2) is 9.97 Å². The van der Waals surface area contributed by atoms with Crippen molar-refractivity contribution in [3.8, 4) is 0 Å². The third-order valence-electron chi connectivity index (χ3n) is 3.13. The average Bonchev–Trinajstić information content (AvgIpc) is 3.09. The number of nitrogens with zero attached hydrogens (tertiary/aromatic N) is 3. The largest absolute Gasteiger partial charge is 0.465 e. The number of hydrogen-bond acceptors (Lipinski definition) is 7. The maximum atomic E-state index is 12.0. The molecular formula is C14H19N3O2S2. The third kappa shape index (κ3) is 3.59. The number of thiazole rings is 2. The molecule has 2 rings (SSSR count). The molecule has 0 bridgehead atoms. The van der Waals surface area contributed by atoms with Crippen LogP contribution in [0, 0.1) is 0 Å². The molecule has 2 aromatic rings. The average molecular weight is 325 g/mol. The fraction of sp³-hybridized carbons (Fsp3) is 0.500. The van der Waals surface area contributed by atoms with Crippen LogP contribution in [0.4, 0.5) is 5.13 Å². The lowest BCUT2D eigenvalue weighted by Crippen LogP contribution is -2.31. The molecule has 0 aromatic carbocycles. The highest BCUT2D eigenvalue weighted by molar-refractivity contribution is 7.13. The Hall–Kier alpha value is -1.47. The van der Waals surface area contributed by atoms with Gasteiger partial charge in [-0.1, -0.05) is 0 Å². The van der Waals surface area contributed by atoms with Crippen LogP contribution in [0.15, 0.2) is 16.3 Å². The summed E-state index contributed by atoms with van der Waals surface area (Å²) in [6.45, 7) is 6.57. The molecule has 0 amide bonds. The van der Waals surface area contributed by atoms with Crippen molar-refractivity contribution < 1.29 is 9.53 Å². The van der Waals surface area contributed by atoms with Crippen molar-refractivity contribution in [3.05, 3.63) is 27.7 Å². The van der Waals surface area contributed by atoms with E-state index >= 15 is 0 Å². The van der Waals surface area contributed by atoms with Gasteiger partial charge in [0.05, 0.1) is 30.1 Å². The Morgan fingerprint density at radius 2 is 2.19 bits per heavy atom. The van der Waals surface area contributed by atoms with Crippen LogP contribution in [-0.4, -0.2) is 29.6 Å². The van der Waals surface area contributed by atoms with Gasteiger partial charge in [0, 0.05) is 17.8 Å². The van der Waals surface area contributed by atoms with Gasteiger partial charge in [0.15, 0.2) is 5.13 Å². The minimum absolute atomic E-state index is 0.246. The Labute approximate surface area is 132 Å². The van der Waals surface area contributed by atoms with Gasteiger partial charge in [-0.2, -0.15) is 0 Å². The van der Waals surface area contributed by atoms with Gasteiger partial charge in [-0.3, -0.25) is 4.79 Å². The van der Waals surface area contributed by atoms with Gasteiger partial charge in [0.2, 0.25) is 0 Å². The first-order valence-electron chi connectivity index (χ1n) is 6.66. The van der Waals surface area contributed by atoms with E-state index in [1.54, 1.807) is 11.3 Å². The molecule has 0 atom stereocenters. The lowest BCUT2D eigenvalue weighted by Gasteiger charge is -2.20. The summed E-state index contributed by atoms with van der Waals surface area (Å²) >= 11 is 3.10. The van der Waals surface area contributed by atoms with Gasteiger partial charge < -0.3 is 9.64 Å². The molecule has 0 unspecified atom stereocenters. The molecule has 0 fully saturated rings. The number of esters is 1. The van der Waals surface area contributed by atoms with Gasteiger partial charge in [0.1, 0.15) is 5.41 Å². The molecule has 2 aromatic heterocycles. The number of carbonyl (C=O) groups is 1. The van der Waals surface area contributed by atoms with E-state index in [-0.39, 0.29) is 5.97 Å². The second kappa shape index (κ2) is 6.53. The number of carbonyl (C=O) groups excluding carboxylic acids is 1. The molecule has 0 saturated heterocycles. The first-order chi connectivity index (χ1) is 9.95. The topological polar surface area (TPSA) is 55.3 Å². The smallest absolute Gasteiger partial charge is 0.317 e. The molecule has 5 nitrogen and oxygen atoms in total. The molecule has 0 aliphatic heterocycles. The van der Waals surface area contributed by atoms with Crippen LogP contribution in [-0.2, 0) is 21.5 Å². The third-order valence-corrected chi connectivity index (χ3v) is 4.72. The van der Waals surface area contributed by atoms with Crippen molar-refractivity contribution in [2.24, 2.45) is 0 Å². The van der Waals surface area contributed by atoms with Gasteiger partial charge in [-0.05, 0) is 20.8 Å². The molecule has 0 aliphatic rings. The summed E-state index contributed by atoms with van der Waals surface area (Å²) in [5.41, 5.74) is 2.85. The Kier molecular flexibility index (Phi) is 4.95. The molecule has 21 heavy (non-hydrogen) atoms. The van der Waals surface area contributed by atoms with Crippen molar-refractivity contribution in [3.63, 3.8) is 0 Å². The molecule has 7 heteroatoms. The van der Waals surface area contributed by atoms with Crippen LogP contribution in [0.25, 0.3) is 0 Å². The summed E-state index contributed by atoms with van der Waals surface area (Å²) in [7, 11) is 1.97. The van der Waals surface area contributed by atoms with Crippen LogP contribution in [0.1, 0.15) is 32.2 Å². The number of anilines is 1. The van der Waals surface area contributed by atoms with Crippen LogP contribution in [0.3, 0.4) is 0 Å². The summed E-state index contributed by atoms with van der Waals surface area (Å²) in [4.78, 5) is 22.9. The molecule has 0 spiro atoms. The van der Waals surface area contributed by atoms with Crippen molar-refractivity contribution in [1.82, 2.24) is 9.97 Å². The minimum atomic E-state index is -0.730. The lowest BCUT2D eigenvalue weighted by molar-refractivity contribution is -0.148. The molecular weight excluding hydrogens is 306 g/mol. The van der Waals surface area contributed by atoms with Crippen LogP contribution in [0.2, 0.25) is 0 Å². The van der Waals surface area contributed by atoms with Crippen molar-refractivity contribution in [2.45, 2.75) is 32.7 Å². The number of rotatable bonds is 6. The fourth-order valence-corrected chi connectivity index (χ4v) is 3.28. The van der Waals surface area contributed by atoms with E-state index in [0.29, 0.717) is 13.2 Å². The normalized spacial score (nSPS) is 11.4. The second-order valence-electron chi connectivity index (χ2n) is 5.20. The highest BCUT2D eigenvalue weighted by Crippen LogP contribution is 2.30. The second-order valence-corrected chi connectivity index (χ2v) is 6.75. The standard InChI is InChI=1S/C14H19N3O2S2/c1-5-19-12(18)14(2,3)11-8-21-13(16-11)17(4)6-10-7-20-9-15-10/h7-9H,5-6H2,1-4H3. The minimum Gasteiger partial charge on any atom is -0.465 e. The van der Waals surface area contributed by atoms with E-state index in [9.17, 15) is 4.79 Å². The van der Waals surface area contributed by atoms with Crippen LogP contribution >= 0.6 is 22.7 Å². The maximum absolute atomic E-state index is 12.0. The summed E-state index contributed by atoms with van der Waals surface area (Å²) in [5.74, 6) is -0.246. The zero-order valence-electron chi connectivity index (χ0n) is 12.6. The van der Waals surface area contributed by atoms with Crippen LogP contribution < -0.4 is 4.90 Å². The lowest BCUT2D eigenvalue weighted by atomic mass is 9.90. The summed E-state index contributed by atoms with van der Waals surface area (Å²) in [6, 6.07) is 0. The van der Waals surface area contributed by atoms with Gasteiger partial charge in [0.25, 0.3) is 0 Å². The van der Waals surface area contributed by atoms with Crippen LogP contribution in [0.5, 0.6) is 0 Å². The summed E-state index contributed by atoms with van der Waals surface area (Å²) in [5, 5.41) is 4.81. The zero-order chi connectivity index (χ0) is 15.5. The van der Waals surface area contributed by atoms with E-state index in [2.05, 4.69) is 9.97 Å². The van der Waals surface area contributed by atoms with E-state index < -0.39 is 5.41 Å². The molecule has 0 N–H and O–H groups in total. The summed E-state index contributed by atoms with van der Waals surface area (Å²) < 4.78 is 5.12. The monoisotopic (exact) mass is 325 g/mol. The number of ether oxygens (including phenoxy) is 1. The van der Waals surface area contributed by atoms with E-state index in [4.69, 9.17) is 4.74 Å².